The van der Waals surface area contributed by atoms with Gasteiger partial charge in [-0.05, 0) is 53.6 Å². The van der Waals surface area contributed by atoms with Gasteiger partial charge in [-0.1, -0.05) is 36.4 Å². The lowest BCUT2D eigenvalue weighted by Crippen LogP contribution is -2.46. The van der Waals surface area contributed by atoms with Crippen molar-refractivity contribution in [2.45, 2.75) is 10.9 Å². The van der Waals surface area contributed by atoms with Crippen LogP contribution < -0.4 is 11.1 Å². The Bertz CT molecular complexity index is 1540. The van der Waals surface area contributed by atoms with Gasteiger partial charge in [0, 0.05) is 29.9 Å². The number of nitrogens with zero attached hydrogens (tertiary/aromatic N) is 2. The number of benzene rings is 3. The molecule has 1 atom stereocenters. The van der Waals surface area contributed by atoms with Gasteiger partial charge in [0.15, 0.2) is 5.96 Å². The van der Waals surface area contributed by atoms with Crippen LogP contribution in [0.25, 0.3) is 6.08 Å². The van der Waals surface area contributed by atoms with Gasteiger partial charge in [0.2, 0.25) is 10.0 Å². The summed E-state index contributed by atoms with van der Waals surface area (Å²) in [4.78, 5) is 4.27. The number of halogens is 4. The van der Waals surface area contributed by atoms with Gasteiger partial charge in [-0.15, -0.1) is 12.4 Å². The van der Waals surface area contributed by atoms with Crippen LogP contribution in [0, 0.1) is 17.5 Å². The van der Waals surface area contributed by atoms with E-state index in [1.54, 1.807) is 30.3 Å². The predicted octanol–water partition coefficient (Wildman–Crippen LogP) is 4.53. The molecule has 2 heterocycles. The second-order valence-corrected chi connectivity index (χ2v) is 10.3. The molecule has 0 spiro atoms. The summed E-state index contributed by atoms with van der Waals surface area (Å²) in [5.74, 6) is -1.56. The first-order valence-corrected chi connectivity index (χ1v) is 12.5. The molecule has 37 heavy (non-hydrogen) atoms. The number of nitrogens with two attached hydrogens (primary N) is 1. The molecule has 3 aromatic rings. The SMILES string of the molecule is Cl.NC1=NC(c2ccccc2F)C2=C(N1)/C(=C/c1ccccc1F)CN(S(=O)(=O)c1ccc(F)cc1)C2. The monoisotopic (exact) mass is 546 g/mol. The lowest BCUT2D eigenvalue weighted by Gasteiger charge is -2.37. The molecule has 0 amide bonds. The van der Waals surface area contributed by atoms with Gasteiger partial charge in [0.25, 0.3) is 0 Å². The smallest absolute Gasteiger partial charge is 0.243 e. The second-order valence-electron chi connectivity index (χ2n) is 8.38. The van der Waals surface area contributed by atoms with Crippen LogP contribution in [0.15, 0.2) is 99.5 Å². The number of sulfonamides is 1. The van der Waals surface area contributed by atoms with E-state index in [1.807, 2.05) is 0 Å². The topological polar surface area (TPSA) is 87.8 Å². The van der Waals surface area contributed by atoms with Gasteiger partial charge in [-0.25, -0.2) is 26.6 Å². The van der Waals surface area contributed by atoms with Crippen molar-refractivity contribution < 1.29 is 21.6 Å². The summed E-state index contributed by atoms with van der Waals surface area (Å²) >= 11 is 0. The number of aliphatic imine (C=N–C) groups is 1. The quantitative estimate of drug-likeness (QED) is 0.503. The van der Waals surface area contributed by atoms with Crippen molar-refractivity contribution in [1.29, 1.82) is 0 Å². The average Bonchev–Trinajstić information content (AvgIpc) is 2.86. The molecule has 0 bridgehead atoms. The van der Waals surface area contributed by atoms with Gasteiger partial charge in [0.05, 0.1) is 4.90 Å². The van der Waals surface area contributed by atoms with Crippen LogP contribution in [0.2, 0.25) is 0 Å². The Balaban J connectivity index is 0.00000320. The highest BCUT2D eigenvalue weighted by atomic mass is 35.5. The Morgan fingerprint density at radius 1 is 0.919 bits per heavy atom. The Morgan fingerprint density at radius 3 is 2.24 bits per heavy atom. The van der Waals surface area contributed by atoms with Crippen molar-refractivity contribution in [2.24, 2.45) is 10.7 Å². The maximum atomic E-state index is 14.8. The molecule has 3 N–H and O–H groups in total. The van der Waals surface area contributed by atoms with E-state index in [1.165, 1.54) is 40.7 Å². The third-order valence-electron chi connectivity index (χ3n) is 6.07. The zero-order valence-corrected chi connectivity index (χ0v) is 20.9. The van der Waals surface area contributed by atoms with Crippen molar-refractivity contribution >= 4 is 34.5 Å². The first kappa shape index (κ1) is 26.5. The van der Waals surface area contributed by atoms with Crippen molar-refractivity contribution in [1.82, 2.24) is 9.62 Å². The van der Waals surface area contributed by atoms with Gasteiger partial charge in [-0.3, -0.25) is 0 Å². The van der Waals surface area contributed by atoms with Crippen LogP contribution >= 0.6 is 12.4 Å². The number of rotatable bonds is 4. The molecule has 0 aromatic heterocycles. The summed E-state index contributed by atoms with van der Waals surface area (Å²) in [6.45, 7) is -0.260. The highest BCUT2D eigenvalue weighted by Crippen LogP contribution is 2.39. The van der Waals surface area contributed by atoms with Crippen LogP contribution in [0.5, 0.6) is 0 Å². The first-order chi connectivity index (χ1) is 17.2. The largest absolute Gasteiger partial charge is 0.370 e. The fourth-order valence-electron chi connectivity index (χ4n) is 4.34. The summed E-state index contributed by atoms with van der Waals surface area (Å²) in [5.41, 5.74) is 7.85. The molecular formula is C26H22ClF3N4O2S. The second kappa shape index (κ2) is 10.4. The highest BCUT2D eigenvalue weighted by molar-refractivity contribution is 7.89. The normalized spacial score (nSPS) is 19.1. The summed E-state index contributed by atoms with van der Waals surface area (Å²) in [6, 6.07) is 15.7. The van der Waals surface area contributed by atoms with E-state index in [-0.39, 0.29) is 47.5 Å². The van der Waals surface area contributed by atoms with E-state index >= 15 is 0 Å². The van der Waals surface area contributed by atoms with Crippen LogP contribution in [0.3, 0.4) is 0 Å². The lowest BCUT2D eigenvalue weighted by molar-refractivity contribution is 0.434. The Labute approximate surface area is 218 Å². The molecule has 2 aliphatic rings. The van der Waals surface area contributed by atoms with E-state index < -0.39 is 33.5 Å². The van der Waals surface area contributed by atoms with E-state index in [2.05, 4.69) is 10.3 Å². The van der Waals surface area contributed by atoms with Crippen LogP contribution in [-0.4, -0.2) is 31.8 Å². The summed E-state index contributed by atoms with van der Waals surface area (Å²) < 4.78 is 71.0. The van der Waals surface area contributed by atoms with E-state index in [4.69, 9.17) is 5.73 Å². The highest BCUT2D eigenvalue weighted by Gasteiger charge is 2.38. The van der Waals surface area contributed by atoms with Crippen molar-refractivity contribution in [3.63, 3.8) is 0 Å². The minimum absolute atomic E-state index is 0. The molecule has 0 radical (unpaired) electrons. The summed E-state index contributed by atoms with van der Waals surface area (Å²) in [5, 5.41) is 2.97. The third kappa shape index (κ3) is 5.13. The third-order valence-corrected chi connectivity index (χ3v) is 7.88. The molecule has 0 fully saturated rings. The molecule has 3 aromatic carbocycles. The molecule has 5 rings (SSSR count). The zero-order valence-electron chi connectivity index (χ0n) is 19.2. The van der Waals surface area contributed by atoms with Gasteiger partial charge >= 0.3 is 0 Å². The molecular weight excluding hydrogens is 525 g/mol. The number of nitrogens with one attached hydrogen (secondary N) is 1. The maximum Gasteiger partial charge on any atom is 0.243 e. The predicted molar refractivity (Wildman–Crippen MR) is 138 cm³/mol. The molecule has 6 nitrogen and oxygen atoms in total. The minimum Gasteiger partial charge on any atom is -0.370 e. The first-order valence-electron chi connectivity index (χ1n) is 11.0. The van der Waals surface area contributed by atoms with Gasteiger partial charge in [-0.2, -0.15) is 4.31 Å². The minimum atomic E-state index is -4.10. The fourth-order valence-corrected chi connectivity index (χ4v) is 5.73. The fraction of sp³-hybridized carbons (Fsp3) is 0.115. The number of guanidine groups is 1. The van der Waals surface area contributed by atoms with Crippen LogP contribution in [0.1, 0.15) is 17.2 Å². The van der Waals surface area contributed by atoms with E-state index in [0.29, 0.717) is 16.8 Å². The van der Waals surface area contributed by atoms with Crippen molar-refractivity contribution in [2.75, 3.05) is 13.1 Å². The van der Waals surface area contributed by atoms with Crippen LogP contribution in [-0.2, 0) is 10.0 Å². The molecule has 0 saturated heterocycles. The molecule has 1 unspecified atom stereocenters. The van der Waals surface area contributed by atoms with E-state index in [9.17, 15) is 21.6 Å². The standard InChI is InChI=1S/C26H21F3N4O2S.ClH/c27-18-9-11-19(12-10-18)36(34,35)33-14-17(13-16-5-1-3-7-22(16)28)24-21(15-33)25(32-26(30)31-24)20-6-2-4-8-23(20)29;/h1-13,25H,14-15H2,(H3,30,31,32);1H/b17-13+;. The maximum absolute atomic E-state index is 14.8. The molecule has 2 aliphatic heterocycles. The average molecular weight is 547 g/mol. The Morgan fingerprint density at radius 2 is 1.57 bits per heavy atom. The lowest BCUT2D eigenvalue weighted by atomic mass is 9.90. The van der Waals surface area contributed by atoms with Gasteiger partial charge in [0.1, 0.15) is 23.5 Å². The summed E-state index contributed by atoms with van der Waals surface area (Å²) in [7, 11) is -4.10. The zero-order chi connectivity index (χ0) is 25.4. The Hall–Kier alpha value is -3.60. The molecule has 192 valence electrons. The number of hydrogen-bond donors (Lipinski definition) is 2. The summed E-state index contributed by atoms with van der Waals surface area (Å²) in [6.07, 6.45) is 1.53. The number of hydrogen-bond acceptors (Lipinski definition) is 5. The molecule has 0 aliphatic carbocycles. The van der Waals surface area contributed by atoms with Crippen LogP contribution in [0.4, 0.5) is 13.2 Å². The molecule has 11 heteroatoms. The van der Waals surface area contributed by atoms with Gasteiger partial charge < -0.3 is 11.1 Å². The molecule has 0 saturated carbocycles. The van der Waals surface area contributed by atoms with Crippen molar-refractivity contribution in [3.05, 3.63) is 118 Å². The Kier molecular flexibility index (Phi) is 7.44. The van der Waals surface area contributed by atoms with E-state index in [0.717, 1.165) is 12.1 Å². The van der Waals surface area contributed by atoms with Crippen molar-refractivity contribution in [3.8, 4) is 0 Å².